The van der Waals surface area contributed by atoms with E-state index in [4.69, 9.17) is 16.9 Å². The van der Waals surface area contributed by atoms with Gasteiger partial charge in [0.2, 0.25) is 0 Å². The number of para-hydroxylation sites is 2. The Labute approximate surface area is 201 Å². The molecule has 0 bridgehead atoms. The van der Waals surface area contributed by atoms with Crippen LogP contribution in [0.4, 0.5) is 5.69 Å². The van der Waals surface area contributed by atoms with Gasteiger partial charge in [-0.15, -0.1) is 10.2 Å². The summed E-state index contributed by atoms with van der Waals surface area (Å²) < 4.78 is 30.4. The average Bonchev–Trinajstić information content (AvgIpc) is 3.25. The second kappa shape index (κ2) is 10.1. The predicted octanol–water partition coefficient (Wildman–Crippen LogP) is 5.39. The van der Waals surface area contributed by atoms with Crippen molar-refractivity contribution >= 4 is 39.1 Å². The third-order valence-electron chi connectivity index (χ3n) is 4.61. The van der Waals surface area contributed by atoms with Crippen LogP contribution in [-0.2, 0) is 10.0 Å². The first-order valence-electron chi connectivity index (χ1n) is 9.88. The average molecular weight is 496 g/mol. The van der Waals surface area contributed by atoms with Gasteiger partial charge in [0.05, 0.1) is 21.7 Å². The third kappa shape index (κ3) is 5.20. The van der Waals surface area contributed by atoms with Crippen LogP contribution in [0.25, 0.3) is 17.1 Å². The number of aromatic nitrogens is 3. The standard InChI is InChI=1S/C23H18ClN5O2S2/c24-20-12-4-5-13-21(20)28-33(30,31)19-11-6-8-17(16-19)22-26-27-23(32-15-7-14-25)29(22)18-9-2-1-3-10-18/h1-6,8-13,16,28H,7,15H2. The number of halogens is 1. The number of hydrogen-bond donors (Lipinski definition) is 1. The molecule has 0 radical (unpaired) electrons. The number of benzene rings is 3. The fourth-order valence-corrected chi connectivity index (χ4v) is 5.26. The van der Waals surface area contributed by atoms with Gasteiger partial charge in [0.1, 0.15) is 0 Å². The second-order valence-corrected chi connectivity index (χ2v) is 10.00. The van der Waals surface area contributed by atoms with Crippen LogP contribution in [0.15, 0.2) is 88.9 Å². The smallest absolute Gasteiger partial charge is 0.261 e. The molecule has 1 aromatic heterocycles. The number of hydrogen-bond acceptors (Lipinski definition) is 6. The molecule has 0 fully saturated rings. The van der Waals surface area contributed by atoms with Crippen molar-refractivity contribution in [2.24, 2.45) is 0 Å². The van der Waals surface area contributed by atoms with Crippen molar-refractivity contribution in [3.05, 3.63) is 83.9 Å². The monoisotopic (exact) mass is 495 g/mol. The Morgan fingerprint density at radius 2 is 1.76 bits per heavy atom. The van der Waals surface area contributed by atoms with Crippen molar-refractivity contribution in [2.75, 3.05) is 10.5 Å². The molecule has 0 atom stereocenters. The van der Waals surface area contributed by atoms with Crippen molar-refractivity contribution in [2.45, 2.75) is 16.5 Å². The van der Waals surface area contributed by atoms with Crippen LogP contribution < -0.4 is 4.72 Å². The molecule has 1 N–H and O–H groups in total. The molecule has 33 heavy (non-hydrogen) atoms. The lowest BCUT2D eigenvalue weighted by Gasteiger charge is -2.12. The van der Waals surface area contributed by atoms with E-state index in [2.05, 4.69) is 21.0 Å². The molecule has 0 saturated heterocycles. The van der Waals surface area contributed by atoms with Crippen LogP contribution in [0.5, 0.6) is 0 Å². The van der Waals surface area contributed by atoms with Crippen molar-refractivity contribution in [3.63, 3.8) is 0 Å². The molecule has 4 aromatic rings. The highest BCUT2D eigenvalue weighted by molar-refractivity contribution is 7.99. The van der Waals surface area contributed by atoms with E-state index in [0.29, 0.717) is 39.4 Å². The van der Waals surface area contributed by atoms with Crippen LogP contribution in [-0.4, -0.2) is 28.9 Å². The van der Waals surface area contributed by atoms with E-state index in [9.17, 15) is 8.42 Å². The molecule has 10 heteroatoms. The van der Waals surface area contributed by atoms with Gasteiger partial charge in [-0.2, -0.15) is 5.26 Å². The van der Waals surface area contributed by atoms with Crippen LogP contribution >= 0.6 is 23.4 Å². The summed E-state index contributed by atoms with van der Waals surface area (Å²) in [7, 11) is -3.89. The van der Waals surface area contributed by atoms with Gasteiger partial charge >= 0.3 is 0 Å². The largest absolute Gasteiger partial charge is 0.278 e. The number of nitrogens with one attached hydrogen (secondary N) is 1. The first kappa shape index (κ1) is 22.9. The Balaban J connectivity index is 1.74. The zero-order chi connectivity index (χ0) is 23.3. The number of rotatable bonds is 8. The van der Waals surface area contributed by atoms with Gasteiger partial charge in [0, 0.05) is 23.4 Å². The van der Waals surface area contributed by atoms with Gasteiger partial charge < -0.3 is 0 Å². The van der Waals surface area contributed by atoms with E-state index in [0.717, 1.165) is 5.69 Å². The second-order valence-electron chi connectivity index (χ2n) is 6.85. The quantitative estimate of drug-likeness (QED) is 0.259. The molecule has 166 valence electrons. The van der Waals surface area contributed by atoms with Gasteiger partial charge in [0.25, 0.3) is 10.0 Å². The number of nitrogens with zero attached hydrogens (tertiary/aromatic N) is 4. The van der Waals surface area contributed by atoms with Crippen LogP contribution in [0.2, 0.25) is 5.02 Å². The molecule has 0 aliphatic carbocycles. The van der Waals surface area contributed by atoms with Gasteiger partial charge in [0.15, 0.2) is 11.0 Å². The number of thioether (sulfide) groups is 1. The molecule has 0 aliphatic rings. The zero-order valence-corrected chi connectivity index (χ0v) is 19.6. The van der Waals surface area contributed by atoms with Crippen LogP contribution in [0.1, 0.15) is 6.42 Å². The summed E-state index contributed by atoms with van der Waals surface area (Å²) >= 11 is 7.53. The Morgan fingerprint density at radius 1 is 1.00 bits per heavy atom. The topological polar surface area (TPSA) is 101 Å². The molecule has 0 spiro atoms. The van der Waals surface area contributed by atoms with E-state index in [1.165, 1.54) is 17.8 Å². The Bertz CT molecular complexity index is 1420. The number of nitriles is 1. The summed E-state index contributed by atoms with van der Waals surface area (Å²) in [6.07, 6.45) is 0.378. The first-order valence-corrected chi connectivity index (χ1v) is 12.7. The van der Waals surface area contributed by atoms with Crippen molar-refractivity contribution in [1.82, 2.24) is 14.8 Å². The Morgan fingerprint density at radius 3 is 2.52 bits per heavy atom. The van der Waals surface area contributed by atoms with E-state index in [1.807, 2.05) is 34.9 Å². The Hall–Kier alpha value is -3.32. The molecular formula is C23H18ClN5O2S2. The summed E-state index contributed by atoms with van der Waals surface area (Å²) in [5.74, 6) is 1.06. The van der Waals surface area contributed by atoms with E-state index < -0.39 is 10.0 Å². The van der Waals surface area contributed by atoms with E-state index in [-0.39, 0.29) is 4.90 Å². The molecule has 4 rings (SSSR count). The minimum absolute atomic E-state index is 0.0706. The maximum Gasteiger partial charge on any atom is 0.261 e. The fraction of sp³-hybridized carbons (Fsp3) is 0.0870. The summed E-state index contributed by atoms with van der Waals surface area (Å²) in [5.41, 5.74) is 1.72. The minimum Gasteiger partial charge on any atom is -0.278 e. The highest BCUT2D eigenvalue weighted by Crippen LogP contribution is 2.30. The highest BCUT2D eigenvalue weighted by atomic mass is 35.5. The lowest BCUT2D eigenvalue weighted by Crippen LogP contribution is -2.13. The van der Waals surface area contributed by atoms with Crippen molar-refractivity contribution < 1.29 is 8.42 Å². The fourth-order valence-electron chi connectivity index (χ4n) is 3.10. The molecular weight excluding hydrogens is 478 g/mol. The minimum atomic E-state index is -3.89. The highest BCUT2D eigenvalue weighted by Gasteiger charge is 2.20. The molecule has 0 amide bonds. The lowest BCUT2D eigenvalue weighted by molar-refractivity contribution is 0.601. The zero-order valence-electron chi connectivity index (χ0n) is 17.2. The summed E-state index contributed by atoms with van der Waals surface area (Å²) in [6.45, 7) is 0. The normalized spacial score (nSPS) is 11.2. The van der Waals surface area contributed by atoms with E-state index >= 15 is 0 Å². The summed E-state index contributed by atoms with van der Waals surface area (Å²) in [6, 6.07) is 24.8. The lowest BCUT2D eigenvalue weighted by atomic mass is 10.2. The molecule has 7 nitrogen and oxygen atoms in total. The van der Waals surface area contributed by atoms with Gasteiger partial charge in [-0.25, -0.2) is 8.42 Å². The van der Waals surface area contributed by atoms with Crippen LogP contribution in [0.3, 0.4) is 0 Å². The number of anilines is 1. The molecule has 0 aliphatic heterocycles. The predicted molar refractivity (Wildman–Crippen MR) is 130 cm³/mol. The molecule has 0 unspecified atom stereocenters. The SMILES string of the molecule is N#CCCSc1nnc(-c2cccc(S(=O)(=O)Nc3ccccc3Cl)c2)n1-c1ccccc1. The maximum absolute atomic E-state index is 13.0. The number of sulfonamides is 1. The van der Waals surface area contributed by atoms with Gasteiger partial charge in [-0.1, -0.05) is 65.8 Å². The van der Waals surface area contributed by atoms with Gasteiger partial charge in [-0.3, -0.25) is 9.29 Å². The molecule has 3 aromatic carbocycles. The third-order valence-corrected chi connectivity index (χ3v) is 7.24. The van der Waals surface area contributed by atoms with E-state index in [1.54, 1.807) is 42.5 Å². The summed E-state index contributed by atoms with van der Waals surface area (Å²) in [5, 5.41) is 18.4. The van der Waals surface area contributed by atoms with Crippen molar-refractivity contribution in [1.29, 1.82) is 5.26 Å². The molecule has 1 heterocycles. The van der Waals surface area contributed by atoms with Gasteiger partial charge in [-0.05, 0) is 36.4 Å². The molecule has 0 saturated carbocycles. The van der Waals surface area contributed by atoms with Crippen molar-refractivity contribution in [3.8, 4) is 23.1 Å². The summed E-state index contributed by atoms with van der Waals surface area (Å²) in [4.78, 5) is 0.0706. The Kier molecular flexibility index (Phi) is 6.99. The maximum atomic E-state index is 13.0. The first-order chi connectivity index (χ1) is 16.0. The van der Waals surface area contributed by atoms with Crippen LogP contribution in [0, 0.1) is 11.3 Å².